The average molecular weight is 280 g/mol. The standard InChI is InChI=1S/C13H17FN4O2/c14-10-8-16-7-4-9(10)11(19)17-13(12(15)18-20)5-2-1-3-6-13/h4,7-8,20H,1-3,5-6H2,(H2,15,18)(H,17,19). The van der Waals surface area contributed by atoms with E-state index in [1.807, 2.05) is 0 Å². The van der Waals surface area contributed by atoms with Crippen LogP contribution >= 0.6 is 0 Å². The fraction of sp³-hybridized carbons (Fsp3) is 0.462. The molecule has 108 valence electrons. The number of nitrogens with zero attached hydrogens (tertiary/aromatic N) is 2. The van der Waals surface area contributed by atoms with Crippen molar-refractivity contribution < 1.29 is 14.4 Å². The molecule has 0 saturated heterocycles. The Kier molecular flexibility index (Phi) is 4.16. The molecule has 1 aromatic rings. The average Bonchev–Trinajstić information content (AvgIpc) is 2.47. The van der Waals surface area contributed by atoms with Gasteiger partial charge >= 0.3 is 0 Å². The fourth-order valence-electron chi connectivity index (χ4n) is 2.54. The van der Waals surface area contributed by atoms with E-state index in [1.165, 1.54) is 12.3 Å². The predicted molar refractivity (Wildman–Crippen MR) is 70.9 cm³/mol. The number of aromatic nitrogens is 1. The van der Waals surface area contributed by atoms with E-state index in [4.69, 9.17) is 10.9 Å². The molecular weight excluding hydrogens is 263 g/mol. The third kappa shape index (κ3) is 2.71. The van der Waals surface area contributed by atoms with Crippen LogP contribution in [-0.4, -0.2) is 27.5 Å². The highest BCUT2D eigenvalue weighted by Crippen LogP contribution is 2.29. The van der Waals surface area contributed by atoms with E-state index < -0.39 is 17.3 Å². The lowest BCUT2D eigenvalue weighted by atomic mass is 9.80. The first kappa shape index (κ1) is 14.2. The van der Waals surface area contributed by atoms with E-state index in [1.54, 1.807) is 0 Å². The first-order valence-corrected chi connectivity index (χ1v) is 6.49. The van der Waals surface area contributed by atoms with Gasteiger partial charge in [0.1, 0.15) is 5.54 Å². The molecule has 1 amide bonds. The Hall–Kier alpha value is -2.18. The number of nitrogens with one attached hydrogen (secondary N) is 1. The molecule has 1 aliphatic rings. The maximum absolute atomic E-state index is 13.6. The minimum Gasteiger partial charge on any atom is -0.409 e. The Morgan fingerprint density at radius 2 is 2.15 bits per heavy atom. The molecule has 0 radical (unpaired) electrons. The highest BCUT2D eigenvalue weighted by atomic mass is 19.1. The molecule has 0 bridgehead atoms. The second-order valence-electron chi connectivity index (χ2n) is 4.94. The summed E-state index contributed by atoms with van der Waals surface area (Å²) in [4.78, 5) is 15.8. The summed E-state index contributed by atoms with van der Waals surface area (Å²) in [6.07, 6.45) is 6.20. The molecule has 0 spiro atoms. The van der Waals surface area contributed by atoms with E-state index in [9.17, 15) is 9.18 Å². The number of halogens is 1. The number of hydrogen-bond donors (Lipinski definition) is 3. The summed E-state index contributed by atoms with van der Waals surface area (Å²) in [5.41, 5.74) is 4.72. The van der Waals surface area contributed by atoms with Gasteiger partial charge in [0.05, 0.1) is 11.8 Å². The van der Waals surface area contributed by atoms with Gasteiger partial charge in [-0.2, -0.15) is 0 Å². The van der Waals surface area contributed by atoms with Gasteiger partial charge in [-0.3, -0.25) is 9.78 Å². The second kappa shape index (κ2) is 5.85. The van der Waals surface area contributed by atoms with Gasteiger partial charge in [0, 0.05) is 6.20 Å². The van der Waals surface area contributed by atoms with Gasteiger partial charge < -0.3 is 16.3 Å². The first-order chi connectivity index (χ1) is 9.59. The molecule has 1 fully saturated rings. The van der Waals surface area contributed by atoms with Crippen molar-refractivity contribution in [2.45, 2.75) is 37.6 Å². The van der Waals surface area contributed by atoms with Crippen LogP contribution in [0.3, 0.4) is 0 Å². The van der Waals surface area contributed by atoms with E-state index in [-0.39, 0.29) is 11.4 Å². The van der Waals surface area contributed by atoms with Crippen LogP contribution in [0.1, 0.15) is 42.5 Å². The van der Waals surface area contributed by atoms with E-state index in [2.05, 4.69) is 15.5 Å². The van der Waals surface area contributed by atoms with Crippen molar-refractivity contribution in [3.8, 4) is 0 Å². The van der Waals surface area contributed by atoms with Crippen LogP contribution in [0.4, 0.5) is 4.39 Å². The first-order valence-electron chi connectivity index (χ1n) is 6.49. The molecule has 20 heavy (non-hydrogen) atoms. The highest BCUT2D eigenvalue weighted by Gasteiger charge is 2.38. The number of amidine groups is 1. The Balaban J connectivity index is 2.24. The number of pyridine rings is 1. The summed E-state index contributed by atoms with van der Waals surface area (Å²) in [5.74, 6) is -1.33. The number of amides is 1. The predicted octanol–water partition coefficient (Wildman–Crippen LogP) is 1.40. The maximum atomic E-state index is 13.6. The number of carbonyl (C=O) groups is 1. The highest BCUT2D eigenvalue weighted by molar-refractivity contribution is 6.00. The lowest BCUT2D eigenvalue weighted by Gasteiger charge is -2.36. The van der Waals surface area contributed by atoms with Crippen molar-refractivity contribution >= 4 is 11.7 Å². The lowest BCUT2D eigenvalue weighted by molar-refractivity contribution is 0.0901. The quantitative estimate of drug-likeness (QED) is 0.337. The summed E-state index contributed by atoms with van der Waals surface area (Å²) < 4.78 is 13.6. The molecule has 1 heterocycles. The van der Waals surface area contributed by atoms with E-state index in [0.29, 0.717) is 12.8 Å². The topological polar surface area (TPSA) is 101 Å². The Labute approximate surface area is 115 Å². The van der Waals surface area contributed by atoms with Crippen LogP contribution in [0.15, 0.2) is 23.6 Å². The van der Waals surface area contributed by atoms with Crippen LogP contribution in [0.25, 0.3) is 0 Å². The Bertz CT molecular complexity index is 527. The van der Waals surface area contributed by atoms with Gasteiger partial charge in [0.15, 0.2) is 11.7 Å². The molecule has 1 aromatic heterocycles. The molecule has 7 heteroatoms. The Morgan fingerprint density at radius 3 is 2.75 bits per heavy atom. The maximum Gasteiger partial charge on any atom is 0.255 e. The number of hydrogen-bond acceptors (Lipinski definition) is 4. The number of nitrogens with two attached hydrogens (primary N) is 1. The van der Waals surface area contributed by atoms with Gasteiger partial charge in [-0.25, -0.2) is 4.39 Å². The van der Waals surface area contributed by atoms with Crippen LogP contribution in [0.2, 0.25) is 0 Å². The normalized spacial score (nSPS) is 18.6. The molecule has 1 aliphatic carbocycles. The van der Waals surface area contributed by atoms with Crippen LogP contribution < -0.4 is 11.1 Å². The third-order valence-electron chi connectivity index (χ3n) is 3.68. The minimum absolute atomic E-state index is 0.0417. The fourth-order valence-corrected chi connectivity index (χ4v) is 2.54. The molecule has 0 aromatic carbocycles. The molecule has 0 unspecified atom stereocenters. The molecule has 4 N–H and O–H groups in total. The number of carbonyl (C=O) groups excluding carboxylic acids is 1. The smallest absolute Gasteiger partial charge is 0.255 e. The Morgan fingerprint density at radius 1 is 1.45 bits per heavy atom. The number of rotatable bonds is 3. The van der Waals surface area contributed by atoms with Gasteiger partial charge in [-0.05, 0) is 18.9 Å². The van der Waals surface area contributed by atoms with Crippen molar-refractivity contribution in [2.24, 2.45) is 10.9 Å². The summed E-state index contributed by atoms with van der Waals surface area (Å²) in [7, 11) is 0. The van der Waals surface area contributed by atoms with Gasteiger partial charge in [-0.1, -0.05) is 24.4 Å². The zero-order chi connectivity index (χ0) is 14.6. The summed E-state index contributed by atoms with van der Waals surface area (Å²) >= 11 is 0. The largest absolute Gasteiger partial charge is 0.409 e. The molecular formula is C13H17FN4O2. The summed E-state index contributed by atoms with van der Waals surface area (Å²) in [5, 5.41) is 14.7. The third-order valence-corrected chi connectivity index (χ3v) is 3.68. The lowest BCUT2D eigenvalue weighted by Crippen LogP contribution is -2.58. The zero-order valence-electron chi connectivity index (χ0n) is 11.0. The van der Waals surface area contributed by atoms with Gasteiger partial charge in [-0.15, -0.1) is 0 Å². The van der Waals surface area contributed by atoms with Crippen LogP contribution in [-0.2, 0) is 0 Å². The van der Waals surface area contributed by atoms with Gasteiger partial charge in [0.25, 0.3) is 5.91 Å². The van der Waals surface area contributed by atoms with E-state index >= 15 is 0 Å². The van der Waals surface area contributed by atoms with Crippen LogP contribution in [0, 0.1) is 5.82 Å². The van der Waals surface area contributed by atoms with Crippen molar-refractivity contribution in [3.05, 3.63) is 29.8 Å². The molecule has 0 atom stereocenters. The van der Waals surface area contributed by atoms with Crippen molar-refractivity contribution in [1.82, 2.24) is 10.3 Å². The van der Waals surface area contributed by atoms with Crippen molar-refractivity contribution in [3.63, 3.8) is 0 Å². The minimum atomic E-state index is -0.903. The van der Waals surface area contributed by atoms with Crippen molar-refractivity contribution in [2.75, 3.05) is 0 Å². The van der Waals surface area contributed by atoms with E-state index in [0.717, 1.165) is 25.5 Å². The molecule has 2 rings (SSSR count). The van der Waals surface area contributed by atoms with Gasteiger partial charge in [0.2, 0.25) is 0 Å². The zero-order valence-corrected chi connectivity index (χ0v) is 11.0. The molecule has 6 nitrogen and oxygen atoms in total. The second-order valence-corrected chi connectivity index (χ2v) is 4.94. The van der Waals surface area contributed by atoms with Crippen molar-refractivity contribution in [1.29, 1.82) is 0 Å². The number of oxime groups is 1. The SMILES string of the molecule is NC(=NO)C1(NC(=O)c2ccncc2F)CCCCC1. The molecule has 1 saturated carbocycles. The van der Waals surface area contributed by atoms with Crippen LogP contribution in [0.5, 0.6) is 0 Å². The molecule has 0 aliphatic heterocycles. The monoisotopic (exact) mass is 280 g/mol. The summed E-state index contributed by atoms with van der Waals surface area (Å²) in [6, 6.07) is 1.30. The summed E-state index contributed by atoms with van der Waals surface area (Å²) in [6.45, 7) is 0.